The molecule has 1 aromatic heterocycles. The van der Waals surface area contributed by atoms with Crippen molar-refractivity contribution in [1.29, 1.82) is 0 Å². The molecule has 2 heterocycles. The van der Waals surface area contributed by atoms with Crippen molar-refractivity contribution >= 4 is 29.3 Å². The molecular formula is C33H32ClFN4O2. The van der Waals surface area contributed by atoms with Crippen molar-refractivity contribution < 1.29 is 13.9 Å². The molecule has 0 radical (unpaired) electrons. The smallest absolute Gasteiger partial charge is 0.194 e. The minimum absolute atomic E-state index is 0.188. The van der Waals surface area contributed by atoms with Crippen molar-refractivity contribution in [3.63, 3.8) is 0 Å². The van der Waals surface area contributed by atoms with Gasteiger partial charge in [0.2, 0.25) is 0 Å². The first-order valence-corrected chi connectivity index (χ1v) is 14.3. The van der Waals surface area contributed by atoms with Crippen LogP contribution in [0.1, 0.15) is 59.7 Å². The van der Waals surface area contributed by atoms with Gasteiger partial charge >= 0.3 is 0 Å². The molecule has 1 aliphatic heterocycles. The number of nitrogens with zero attached hydrogens (tertiary/aromatic N) is 3. The van der Waals surface area contributed by atoms with Crippen molar-refractivity contribution in [2.75, 3.05) is 18.8 Å². The third kappa shape index (κ3) is 5.52. The lowest BCUT2D eigenvalue weighted by Gasteiger charge is -2.35. The summed E-state index contributed by atoms with van der Waals surface area (Å²) in [6.07, 6.45) is 5.61. The van der Waals surface area contributed by atoms with E-state index in [2.05, 4.69) is 23.8 Å². The van der Waals surface area contributed by atoms with Gasteiger partial charge in [-0.05, 0) is 117 Å². The number of anilines is 1. The van der Waals surface area contributed by atoms with Crippen LogP contribution in [0.2, 0.25) is 5.02 Å². The molecule has 0 spiro atoms. The fourth-order valence-electron chi connectivity index (χ4n) is 5.80. The molecule has 0 atom stereocenters. The van der Waals surface area contributed by atoms with Crippen molar-refractivity contribution in [2.24, 2.45) is 0 Å². The lowest BCUT2D eigenvalue weighted by atomic mass is 9.87. The summed E-state index contributed by atoms with van der Waals surface area (Å²) in [5.74, 6) is 1.32. The molecule has 1 aliphatic carbocycles. The van der Waals surface area contributed by atoms with Gasteiger partial charge in [0.25, 0.3) is 0 Å². The van der Waals surface area contributed by atoms with Crippen LogP contribution in [0, 0.1) is 5.82 Å². The topological polar surface area (TPSA) is 73.4 Å². The zero-order valence-corrected chi connectivity index (χ0v) is 23.9. The van der Waals surface area contributed by atoms with Gasteiger partial charge in [-0.2, -0.15) is 5.10 Å². The molecule has 0 amide bonds. The Labute approximate surface area is 244 Å². The van der Waals surface area contributed by atoms with Crippen LogP contribution in [0.25, 0.3) is 11.8 Å². The molecule has 0 bridgehead atoms. The molecule has 2 aliphatic rings. The number of fused-ring (bicyclic) bond motifs is 1. The van der Waals surface area contributed by atoms with E-state index >= 15 is 4.39 Å². The standard InChI is InChI=1S/C33H32ClFN4O2/c1-20(2)38-12-10-21(11-13-38)29-16-22-14-24(15-23(22)17-31(29)35)32(40)30-19-37-39(33(30)36)26-6-8-27(9-7-26)41-28-5-3-4-25(34)18-28/h3-9,15-21H,10-14,36H2,1-2H3. The van der Waals surface area contributed by atoms with Gasteiger partial charge in [-0.25, -0.2) is 9.07 Å². The second-order valence-electron chi connectivity index (χ2n) is 11.1. The van der Waals surface area contributed by atoms with Gasteiger partial charge in [0.15, 0.2) is 5.78 Å². The number of nitrogens with two attached hydrogens (primary N) is 1. The molecule has 8 heteroatoms. The number of allylic oxidation sites excluding steroid dienone is 1. The molecule has 41 heavy (non-hydrogen) atoms. The molecule has 3 aromatic carbocycles. The Bertz CT molecular complexity index is 1640. The molecule has 0 saturated carbocycles. The maximum atomic E-state index is 15.2. The highest BCUT2D eigenvalue weighted by molar-refractivity contribution is 6.30. The average Bonchev–Trinajstić information content (AvgIpc) is 3.56. The van der Waals surface area contributed by atoms with E-state index in [1.165, 1.54) is 10.9 Å². The number of rotatable bonds is 7. The Hall–Kier alpha value is -3.94. The predicted octanol–water partition coefficient (Wildman–Crippen LogP) is 7.45. The molecule has 1 saturated heterocycles. The number of hydrogen-bond acceptors (Lipinski definition) is 5. The number of aromatic nitrogens is 2. The fourth-order valence-corrected chi connectivity index (χ4v) is 5.98. The number of piperidine rings is 1. The number of Topliss-reactive ketones (excluding diaryl/α,β-unsaturated/α-hetero) is 1. The van der Waals surface area contributed by atoms with Crippen LogP contribution in [0.5, 0.6) is 11.5 Å². The maximum Gasteiger partial charge on any atom is 0.194 e. The quantitative estimate of drug-likeness (QED) is 0.234. The summed E-state index contributed by atoms with van der Waals surface area (Å²) in [6, 6.07) is 18.5. The summed E-state index contributed by atoms with van der Waals surface area (Å²) in [4.78, 5) is 15.9. The Morgan fingerprint density at radius 1 is 1.07 bits per heavy atom. The van der Waals surface area contributed by atoms with Crippen LogP contribution in [0.15, 0.2) is 72.4 Å². The first-order chi connectivity index (χ1) is 19.8. The highest BCUT2D eigenvalue weighted by atomic mass is 35.5. The predicted molar refractivity (Wildman–Crippen MR) is 161 cm³/mol. The van der Waals surface area contributed by atoms with E-state index in [0.717, 1.165) is 42.6 Å². The van der Waals surface area contributed by atoms with Crippen LogP contribution in [-0.2, 0) is 6.42 Å². The zero-order valence-electron chi connectivity index (χ0n) is 23.1. The summed E-state index contributed by atoms with van der Waals surface area (Å²) < 4.78 is 22.6. The van der Waals surface area contributed by atoms with E-state index in [4.69, 9.17) is 22.1 Å². The van der Waals surface area contributed by atoms with E-state index in [1.807, 2.05) is 30.3 Å². The number of ether oxygens (including phenoxy) is 1. The van der Waals surface area contributed by atoms with Crippen molar-refractivity contribution in [2.45, 2.75) is 45.1 Å². The van der Waals surface area contributed by atoms with Gasteiger partial charge in [-0.3, -0.25) is 4.79 Å². The number of hydrogen-bond donors (Lipinski definition) is 1. The summed E-state index contributed by atoms with van der Waals surface area (Å²) in [6.45, 7) is 6.35. The Morgan fingerprint density at radius 2 is 1.83 bits per heavy atom. The van der Waals surface area contributed by atoms with Gasteiger partial charge in [0, 0.05) is 23.1 Å². The Balaban J connectivity index is 1.16. The third-order valence-electron chi connectivity index (χ3n) is 8.12. The van der Waals surface area contributed by atoms with E-state index in [0.29, 0.717) is 45.8 Å². The first kappa shape index (κ1) is 27.2. The van der Waals surface area contributed by atoms with Crippen LogP contribution in [0.4, 0.5) is 10.2 Å². The van der Waals surface area contributed by atoms with Crippen molar-refractivity contribution in [3.8, 4) is 17.2 Å². The van der Waals surface area contributed by atoms with E-state index in [-0.39, 0.29) is 23.3 Å². The number of carbonyl (C=O) groups is 1. The van der Waals surface area contributed by atoms with Crippen molar-refractivity contribution in [1.82, 2.24) is 14.7 Å². The molecular weight excluding hydrogens is 539 g/mol. The SMILES string of the molecule is CC(C)N1CCC(c2cc3c(cc2F)C=C(C(=O)c2cnn(-c4ccc(Oc5cccc(Cl)c5)cc4)c2N)C3)CC1. The van der Waals surface area contributed by atoms with Crippen LogP contribution < -0.4 is 10.5 Å². The lowest BCUT2D eigenvalue weighted by Crippen LogP contribution is -2.38. The third-order valence-corrected chi connectivity index (χ3v) is 8.36. The summed E-state index contributed by atoms with van der Waals surface area (Å²) >= 11 is 6.04. The first-order valence-electron chi connectivity index (χ1n) is 14.0. The second-order valence-corrected chi connectivity index (χ2v) is 11.5. The molecule has 4 aromatic rings. The van der Waals surface area contributed by atoms with Gasteiger partial charge < -0.3 is 15.4 Å². The number of benzene rings is 3. The van der Waals surface area contributed by atoms with Crippen LogP contribution in [-0.4, -0.2) is 39.6 Å². The minimum atomic E-state index is -0.196. The minimum Gasteiger partial charge on any atom is -0.457 e. The summed E-state index contributed by atoms with van der Waals surface area (Å²) in [5, 5.41) is 4.97. The van der Waals surface area contributed by atoms with Crippen LogP contribution in [0.3, 0.4) is 0 Å². The van der Waals surface area contributed by atoms with E-state index in [9.17, 15) is 4.79 Å². The number of halogens is 2. The number of ketones is 1. The Morgan fingerprint density at radius 3 is 2.54 bits per heavy atom. The number of carbonyl (C=O) groups excluding carboxylic acids is 1. The molecule has 210 valence electrons. The number of nitrogen functional groups attached to an aromatic ring is 1. The summed E-state index contributed by atoms with van der Waals surface area (Å²) in [5.41, 5.74) is 10.5. The summed E-state index contributed by atoms with van der Waals surface area (Å²) in [7, 11) is 0. The van der Waals surface area contributed by atoms with Gasteiger partial charge in [-0.1, -0.05) is 23.7 Å². The molecule has 0 unspecified atom stereocenters. The van der Waals surface area contributed by atoms with E-state index in [1.54, 1.807) is 36.4 Å². The van der Waals surface area contributed by atoms with Crippen molar-refractivity contribution in [3.05, 3.63) is 106 Å². The van der Waals surface area contributed by atoms with Gasteiger partial charge in [-0.15, -0.1) is 0 Å². The fraction of sp³-hybridized carbons (Fsp3) is 0.273. The molecule has 6 nitrogen and oxygen atoms in total. The normalized spacial score (nSPS) is 15.7. The highest BCUT2D eigenvalue weighted by Gasteiger charge is 2.28. The van der Waals surface area contributed by atoms with Gasteiger partial charge in [0.05, 0.1) is 17.4 Å². The maximum absolute atomic E-state index is 15.2. The Kier molecular flexibility index (Phi) is 7.41. The van der Waals surface area contributed by atoms with Crippen LogP contribution >= 0.6 is 11.6 Å². The lowest BCUT2D eigenvalue weighted by molar-refractivity contribution is 0.103. The molecule has 6 rings (SSSR count). The molecule has 2 N–H and O–H groups in total. The average molecular weight is 571 g/mol. The monoisotopic (exact) mass is 570 g/mol. The van der Waals surface area contributed by atoms with E-state index < -0.39 is 0 Å². The number of likely N-dealkylation sites (tertiary alicyclic amines) is 1. The highest BCUT2D eigenvalue weighted by Crippen LogP contribution is 2.36. The largest absolute Gasteiger partial charge is 0.457 e. The zero-order chi connectivity index (χ0) is 28.7. The van der Waals surface area contributed by atoms with Gasteiger partial charge in [0.1, 0.15) is 23.1 Å². The molecule has 1 fully saturated rings. The second kappa shape index (κ2) is 11.1.